The average Bonchev–Trinajstić information content (AvgIpc) is 2.88. The van der Waals surface area contributed by atoms with Crippen molar-refractivity contribution < 1.29 is 0 Å². The summed E-state index contributed by atoms with van der Waals surface area (Å²) in [7, 11) is 2.23. The van der Waals surface area contributed by atoms with Crippen LogP contribution >= 0.6 is 11.3 Å². The van der Waals surface area contributed by atoms with E-state index in [9.17, 15) is 0 Å². The first-order valence-electron chi connectivity index (χ1n) is 7.17. The quantitative estimate of drug-likeness (QED) is 0.654. The van der Waals surface area contributed by atoms with Crippen LogP contribution in [0.15, 0.2) is 17.5 Å². The molecule has 0 amide bonds. The number of likely N-dealkylation sites (N-methyl/N-ethyl adjacent to an activating group) is 1. The number of hydrogen-bond donors (Lipinski definition) is 1. The van der Waals surface area contributed by atoms with Gasteiger partial charge in [-0.15, -0.1) is 11.3 Å². The van der Waals surface area contributed by atoms with Gasteiger partial charge >= 0.3 is 0 Å². The molecule has 1 aromatic rings. The van der Waals surface area contributed by atoms with Crippen molar-refractivity contribution in [3.05, 3.63) is 22.4 Å². The van der Waals surface area contributed by atoms with Crippen molar-refractivity contribution in [3.8, 4) is 0 Å². The zero-order valence-electron chi connectivity index (χ0n) is 12.1. The fourth-order valence-electron chi connectivity index (χ4n) is 1.93. The van der Waals surface area contributed by atoms with E-state index in [0.29, 0.717) is 6.04 Å². The van der Waals surface area contributed by atoms with Crippen molar-refractivity contribution in [3.63, 3.8) is 0 Å². The van der Waals surface area contributed by atoms with Crippen LogP contribution in [0.25, 0.3) is 0 Å². The second kappa shape index (κ2) is 9.54. The highest BCUT2D eigenvalue weighted by atomic mass is 32.1. The Morgan fingerprint density at radius 3 is 2.89 bits per heavy atom. The third kappa shape index (κ3) is 6.53. The van der Waals surface area contributed by atoms with E-state index in [1.165, 1.54) is 30.6 Å². The Morgan fingerprint density at radius 2 is 2.22 bits per heavy atom. The second-order valence-electron chi connectivity index (χ2n) is 5.07. The minimum atomic E-state index is 0.617. The van der Waals surface area contributed by atoms with E-state index >= 15 is 0 Å². The highest BCUT2D eigenvalue weighted by Crippen LogP contribution is 2.10. The maximum atomic E-state index is 3.55. The maximum Gasteiger partial charge on any atom is 0.0189 e. The average molecular weight is 268 g/mol. The molecule has 0 aromatic carbocycles. The zero-order valence-corrected chi connectivity index (χ0v) is 12.9. The number of rotatable bonds is 10. The van der Waals surface area contributed by atoms with Crippen molar-refractivity contribution in [1.82, 2.24) is 10.2 Å². The zero-order chi connectivity index (χ0) is 13.2. The van der Waals surface area contributed by atoms with Crippen LogP contribution in [0.3, 0.4) is 0 Å². The molecule has 1 atom stereocenters. The van der Waals surface area contributed by atoms with Gasteiger partial charge in [-0.3, -0.25) is 0 Å². The van der Waals surface area contributed by atoms with E-state index < -0.39 is 0 Å². The first kappa shape index (κ1) is 15.7. The molecule has 1 unspecified atom stereocenters. The molecule has 0 saturated heterocycles. The summed E-state index contributed by atoms with van der Waals surface area (Å²) in [5.74, 6) is 0. The lowest BCUT2D eigenvalue weighted by Gasteiger charge is -2.24. The van der Waals surface area contributed by atoms with E-state index in [1.807, 2.05) is 11.3 Å². The van der Waals surface area contributed by atoms with E-state index in [0.717, 1.165) is 19.6 Å². The first-order chi connectivity index (χ1) is 8.74. The van der Waals surface area contributed by atoms with E-state index in [1.54, 1.807) is 0 Å². The first-order valence-corrected chi connectivity index (χ1v) is 8.05. The minimum absolute atomic E-state index is 0.617. The fraction of sp³-hybridized carbons (Fsp3) is 0.733. The molecule has 0 aliphatic carbocycles. The topological polar surface area (TPSA) is 15.3 Å². The second-order valence-corrected chi connectivity index (χ2v) is 6.10. The van der Waals surface area contributed by atoms with Crippen LogP contribution < -0.4 is 5.32 Å². The fourth-order valence-corrected chi connectivity index (χ4v) is 2.63. The molecule has 3 heteroatoms. The summed E-state index contributed by atoms with van der Waals surface area (Å²) < 4.78 is 0. The van der Waals surface area contributed by atoms with Crippen molar-refractivity contribution in [1.29, 1.82) is 0 Å². The van der Waals surface area contributed by atoms with Crippen LogP contribution in [0.4, 0.5) is 0 Å². The lowest BCUT2D eigenvalue weighted by Crippen LogP contribution is -2.39. The van der Waals surface area contributed by atoms with Crippen LogP contribution in [0, 0.1) is 0 Å². The van der Waals surface area contributed by atoms with Gasteiger partial charge in [0, 0.05) is 24.0 Å². The van der Waals surface area contributed by atoms with Gasteiger partial charge in [-0.25, -0.2) is 0 Å². The number of unbranched alkanes of at least 4 members (excludes halogenated alkanes) is 2. The van der Waals surface area contributed by atoms with Crippen molar-refractivity contribution in [2.75, 3.05) is 26.7 Å². The molecule has 1 aromatic heterocycles. The SMILES string of the molecule is CCCCCNCC(C)N(C)CCc1cccs1. The number of nitrogens with one attached hydrogen (secondary N) is 1. The summed E-state index contributed by atoms with van der Waals surface area (Å²) in [5, 5.41) is 5.72. The van der Waals surface area contributed by atoms with Crippen LogP contribution in [0.5, 0.6) is 0 Å². The molecule has 0 bridgehead atoms. The molecule has 1 N–H and O–H groups in total. The van der Waals surface area contributed by atoms with Gasteiger partial charge in [0.15, 0.2) is 0 Å². The molecular formula is C15H28N2S. The van der Waals surface area contributed by atoms with Crippen LogP contribution in [-0.2, 0) is 6.42 Å². The molecule has 104 valence electrons. The lowest BCUT2D eigenvalue weighted by atomic mass is 10.2. The maximum absolute atomic E-state index is 3.55. The van der Waals surface area contributed by atoms with Gasteiger partial charge in [-0.2, -0.15) is 0 Å². The van der Waals surface area contributed by atoms with Gasteiger partial charge in [0.05, 0.1) is 0 Å². The molecule has 0 aliphatic heterocycles. The number of thiophene rings is 1. The third-order valence-corrected chi connectivity index (χ3v) is 4.38. The summed E-state index contributed by atoms with van der Waals surface area (Å²) in [4.78, 5) is 3.94. The number of hydrogen-bond acceptors (Lipinski definition) is 3. The minimum Gasteiger partial charge on any atom is -0.315 e. The van der Waals surface area contributed by atoms with Gasteiger partial charge in [-0.1, -0.05) is 25.8 Å². The summed E-state index contributed by atoms with van der Waals surface area (Å²) >= 11 is 1.86. The Kier molecular flexibility index (Phi) is 8.31. The van der Waals surface area contributed by atoms with Crippen LogP contribution in [-0.4, -0.2) is 37.6 Å². The van der Waals surface area contributed by atoms with Gasteiger partial charge in [-0.05, 0) is 44.8 Å². The molecule has 0 spiro atoms. The normalized spacial score (nSPS) is 13.1. The summed E-state index contributed by atoms with van der Waals surface area (Å²) in [5.41, 5.74) is 0. The van der Waals surface area contributed by atoms with Gasteiger partial charge < -0.3 is 10.2 Å². The van der Waals surface area contributed by atoms with Gasteiger partial charge in [0.1, 0.15) is 0 Å². The van der Waals surface area contributed by atoms with Crippen molar-refractivity contribution >= 4 is 11.3 Å². The summed E-state index contributed by atoms with van der Waals surface area (Å²) in [6, 6.07) is 4.98. The summed E-state index contributed by atoms with van der Waals surface area (Å²) in [6.07, 6.45) is 5.13. The molecule has 0 radical (unpaired) electrons. The Hall–Kier alpha value is -0.380. The predicted octanol–water partition coefficient (Wildman–Crippen LogP) is 3.39. The summed E-state index contributed by atoms with van der Waals surface area (Å²) in [6.45, 7) is 7.97. The predicted molar refractivity (Wildman–Crippen MR) is 82.5 cm³/mol. The highest BCUT2D eigenvalue weighted by Gasteiger charge is 2.08. The molecule has 1 rings (SSSR count). The van der Waals surface area contributed by atoms with Gasteiger partial charge in [0.2, 0.25) is 0 Å². The molecular weight excluding hydrogens is 240 g/mol. The van der Waals surface area contributed by atoms with Crippen LogP contribution in [0.1, 0.15) is 38.0 Å². The monoisotopic (exact) mass is 268 g/mol. The smallest absolute Gasteiger partial charge is 0.0189 e. The highest BCUT2D eigenvalue weighted by molar-refractivity contribution is 7.09. The Balaban J connectivity index is 2.07. The van der Waals surface area contributed by atoms with E-state index in [4.69, 9.17) is 0 Å². The van der Waals surface area contributed by atoms with Crippen molar-refractivity contribution in [2.45, 2.75) is 45.6 Å². The molecule has 0 fully saturated rings. The largest absolute Gasteiger partial charge is 0.315 e. The molecule has 0 saturated carbocycles. The Labute approximate surface area is 116 Å². The van der Waals surface area contributed by atoms with E-state index in [-0.39, 0.29) is 0 Å². The molecule has 2 nitrogen and oxygen atoms in total. The van der Waals surface area contributed by atoms with Crippen molar-refractivity contribution in [2.24, 2.45) is 0 Å². The molecule has 18 heavy (non-hydrogen) atoms. The third-order valence-electron chi connectivity index (χ3n) is 3.44. The van der Waals surface area contributed by atoms with Crippen LogP contribution in [0.2, 0.25) is 0 Å². The van der Waals surface area contributed by atoms with E-state index in [2.05, 4.69) is 48.6 Å². The lowest BCUT2D eigenvalue weighted by molar-refractivity contribution is 0.254. The number of nitrogens with zero attached hydrogens (tertiary/aromatic N) is 1. The Morgan fingerprint density at radius 1 is 1.39 bits per heavy atom. The van der Waals surface area contributed by atoms with Gasteiger partial charge in [0.25, 0.3) is 0 Å². The molecule has 0 aliphatic rings. The molecule has 1 heterocycles. The standard InChI is InChI=1S/C15H28N2S/c1-4-5-6-10-16-13-14(2)17(3)11-9-15-8-7-12-18-15/h7-8,12,14,16H,4-6,9-11,13H2,1-3H3. The Bertz CT molecular complexity index is 285.